The maximum atomic E-state index is 6.47. The van der Waals surface area contributed by atoms with Gasteiger partial charge in [-0.2, -0.15) is 0 Å². The Bertz CT molecular complexity index is 1100. The lowest BCUT2D eigenvalue weighted by Gasteiger charge is -2.36. The molecule has 0 atom stereocenters. The Labute approximate surface area is 320 Å². The maximum Gasteiger partial charge on any atom is 0.163 e. The second kappa shape index (κ2) is 20.1. The molecule has 0 N–H and O–H groups in total. The predicted molar refractivity (Wildman–Crippen MR) is 196 cm³/mol. The van der Waals surface area contributed by atoms with Crippen LogP contribution in [0.2, 0.25) is 0 Å². The molecule has 0 bridgehead atoms. The van der Waals surface area contributed by atoms with E-state index in [9.17, 15) is 0 Å². The number of benzene rings is 1. The fourth-order valence-electron chi connectivity index (χ4n) is 5.57. The van der Waals surface area contributed by atoms with Gasteiger partial charge in [-0.1, -0.05) is 18.2 Å². The van der Waals surface area contributed by atoms with E-state index in [-0.39, 0.29) is 64.1 Å². The Balaban J connectivity index is 1.22. The first-order chi connectivity index (χ1) is 25.6. The van der Waals surface area contributed by atoms with Gasteiger partial charge in [-0.3, -0.25) is 4.99 Å². The van der Waals surface area contributed by atoms with Crippen molar-refractivity contribution in [2.45, 2.75) is 115 Å². The molecule has 308 valence electrons. The molecule has 0 aromatic heterocycles. The van der Waals surface area contributed by atoms with Gasteiger partial charge in [0.15, 0.2) is 23.1 Å². The molecule has 0 amide bonds. The van der Waals surface area contributed by atoms with E-state index in [0.29, 0.717) is 58.6 Å². The molecular weight excluding hydrogens is 706 g/mol. The van der Waals surface area contributed by atoms with Gasteiger partial charge in [0.2, 0.25) is 0 Å². The minimum absolute atomic E-state index is 0.148. The summed E-state index contributed by atoms with van der Waals surface area (Å²) >= 11 is 0. The maximum absolute atomic E-state index is 6.47. The molecule has 1 aromatic carbocycles. The number of ether oxygens (including phenoxy) is 14. The Hall–Kier alpha value is -1.67. The van der Waals surface area contributed by atoms with Gasteiger partial charge in [-0.15, -0.1) is 0 Å². The van der Waals surface area contributed by atoms with Crippen molar-refractivity contribution >= 4 is 11.4 Å². The van der Waals surface area contributed by atoms with Crippen LogP contribution in [0.5, 0.6) is 0 Å². The summed E-state index contributed by atoms with van der Waals surface area (Å²) < 4.78 is 84.2. The van der Waals surface area contributed by atoms with Gasteiger partial charge >= 0.3 is 0 Å². The van der Waals surface area contributed by atoms with Crippen molar-refractivity contribution in [3.8, 4) is 0 Å². The van der Waals surface area contributed by atoms with E-state index in [1.807, 2.05) is 85.7 Å². The normalized spacial score (nSPS) is 23.9. The number of rotatable bonds is 19. The molecule has 0 spiro atoms. The third kappa shape index (κ3) is 15.7. The lowest BCUT2D eigenvalue weighted by Crippen LogP contribution is -2.46. The highest BCUT2D eigenvalue weighted by Crippen LogP contribution is 2.23. The van der Waals surface area contributed by atoms with E-state index in [1.54, 1.807) is 0 Å². The van der Waals surface area contributed by atoms with Gasteiger partial charge in [0.25, 0.3) is 0 Å². The summed E-state index contributed by atoms with van der Waals surface area (Å²) in [5, 5.41) is 0. The molecular formula is C39H63NO14. The van der Waals surface area contributed by atoms with E-state index < -0.39 is 35.4 Å². The fourth-order valence-corrected chi connectivity index (χ4v) is 5.57. The summed E-state index contributed by atoms with van der Waals surface area (Å²) in [6, 6.07) is 9.67. The molecule has 1 aromatic rings. The van der Waals surface area contributed by atoms with Crippen LogP contribution in [-0.2, 0) is 66.3 Å². The second-order valence-corrected chi connectivity index (χ2v) is 15.8. The molecule has 4 heterocycles. The van der Waals surface area contributed by atoms with E-state index in [1.165, 1.54) is 0 Å². The van der Waals surface area contributed by atoms with Crippen molar-refractivity contribution in [3.05, 3.63) is 30.3 Å². The monoisotopic (exact) mass is 769 g/mol. The van der Waals surface area contributed by atoms with Crippen molar-refractivity contribution in [1.82, 2.24) is 0 Å². The van der Waals surface area contributed by atoms with E-state index in [2.05, 4.69) is 0 Å². The Morgan fingerprint density at radius 3 is 1.06 bits per heavy atom. The highest BCUT2D eigenvalue weighted by atomic mass is 16.7. The lowest BCUT2D eigenvalue weighted by molar-refractivity contribution is -0.287. The summed E-state index contributed by atoms with van der Waals surface area (Å²) in [7, 11) is 0. The largest absolute Gasteiger partial charge is 0.371 e. The van der Waals surface area contributed by atoms with E-state index in [0.717, 1.165) is 5.69 Å². The van der Waals surface area contributed by atoms with Crippen LogP contribution < -0.4 is 0 Å². The second-order valence-electron chi connectivity index (χ2n) is 15.8. The molecule has 0 saturated carbocycles. The van der Waals surface area contributed by atoms with Crippen molar-refractivity contribution in [3.63, 3.8) is 0 Å². The Morgan fingerprint density at radius 1 is 0.500 bits per heavy atom. The van der Waals surface area contributed by atoms with Gasteiger partial charge in [-0.05, 0) is 67.5 Å². The third-order valence-electron chi connectivity index (χ3n) is 9.02. The predicted octanol–water partition coefficient (Wildman–Crippen LogP) is 4.20. The molecule has 15 nitrogen and oxygen atoms in total. The minimum atomic E-state index is -0.645. The Morgan fingerprint density at radius 2 is 0.778 bits per heavy atom. The highest BCUT2D eigenvalue weighted by molar-refractivity contribution is 5.89. The highest BCUT2D eigenvalue weighted by Gasteiger charge is 2.33. The zero-order chi connectivity index (χ0) is 38.7. The van der Waals surface area contributed by atoms with Crippen LogP contribution in [0.25, 0.3) is 0 Å². The first-order valence-electron chi connectivity index (χ1n) is 19.1. The molecule has 15 heteroatoms. The fraction of sp³-hybridized carbons (Fsp3) is 0.821. The molecule has 0 aliphatic carbocycles. The van der Waals surface area contributed by atoms with Crippen molar-refractivity contribution < 1.29 is 66.3 Å². The topological polar surface area (TPSA) is 142 Å². The first kappa shape index (κ1) is 43.5. The van der Waals surface area contributed by atoms with Gasteiger partial charge in [0.05, 0.1) is 104 Å². The molecule has 4 aliphatic rings. The van der Waals surface area contributed by atoms with E-state index >= 15 is 0 Å². The molecule has 4 aliphatic heterocycles. The van der Waals surface area contributed by atoms with Crippen LogP contribution in [0.15, 0.2) is 35.3 Å². The quantitative estimate of drug-likeness (QED) is 0.186. The SMILES string of the molecule is CC1(C)OCC(OCC(COC2COC(C)(C)OC2)OCC(COC(COC2COC(C)(C)OC2)COC2COC(C)(C)OC2)=Nc2ccccc2)CO1. The number of nitrogens with zero attached hydrogens (tertiary/aromatic N) is 1. The van der Waals surface area contributed by atoms with Crippen LogP contribution in [0, 0.1) is 0 Å². The van der Waals surface area contributed by atoms with E-state index in [4.69, 9.17) is 71.3 Å². The number of aliphatic imine (C=N–C) groups is 1. The first-order valence-corrected chi connectivity index (χ1v) is 19.1. The van der Waals surface area contributed by atoms with Crippen LogP contribution in [0.4, 0.5) is 5.69 Å². The van der Waals surface area contributed by atoms with Crippen molar-refractivity contribution in [2.24, 2.45) is 4.99 Å². The summed E-state index contributed by atoms with van der Waals surface area (Å²) in [6.07, 6.45) is -1.89. The average molecular weight is 770 g/mol. The average Bonchev–Trinajstić information content (AvgIpc) is 3.13. The molecule has 54 heavy (non-hydrogen) atoms. The van der Waals surface area contributed by atoms with Crippen LogP contribution in [0.3, 0.4) is 0 Å². The smallest absolute Gasteiger partial charge is 0.163 e. The third-order valence-corrected chi connectivity index (χ3v) is 9.02. The minimum Gasteiger partial charge on any atom is -0.371 e. The van der Waals surface area contributed by atoms with Gasteiger partial charge in [0, 0.05) is 0 Å². The van der Waals surface area contributed by atoms with Gasteiger partial charge in [0.1, 0.15) is 36.6 Å². The van der Waals surface area contributed by atoms with Crippen LogP contribution >= 0.6 is 0 Å². The standard InChI is InChI=1S/C39H63NO14/c1-36(2)47-20-32(21-48-36)43-16-30(17-44-33-22-49-37(3,4)50-23-33)41-14-29(40-28-12-10-9-11-13-28)15-42-31(18-45-34-24-51-38(5,6)52-25-34)19-46-35-26-53-39(7,8)54-27-35/h9-13,30-35H,14-27H2,1-8H3. The lowest BCUT2D eigenvalue weighted by atomic mass is 10.2. The number of para-hydroxylation sites is 1. The van der Waals surface area contributed by atoms with Crippen LogP contribution in [0.1, 0.15) is 55.4 Å². The summed E-state index contributed by atoms with van der Waals surface area (Å²) in [6.45, 7) is 19.6. The molecule has 5 rings (SSSR count). The zero-order valence-corrected chi connectivity index (χ0v) is 33.4. The van der Waals surface area contributed by atoms with Crippen LogP contribution in [-0.4, -0.2) is 158 Å². The van der Waals surface area contributed by atoms with Gasteiger partial charge < -0.3 is 66.3 Å². The van der Waals surface area contributed by atoms with Crippen molar-refractivity contribution in [2.75, 3.05) is 92.5 Å². The molecule has 4 saturated heterocycles. The summed E-state index contributed by atoms with van der Waals surface area (Å²) in [5.74, 6) is -2.58. The zero-order valence-electron chi connectivity index (χ0n) is 33.4. The van der Waals surface area contributed by atoms with Gasteiger partial charge in [-0.25, -0.2) is 0 Å². The molecule has 0 radical (unpaired) electrons. The number of hydrogen-bond acceptors (Lipinski definition) is 15. The molecule has 4 fully saturated rings. The number of hydrogen-bond donors (Lipinski definition) is 0. The molecule has 0 unspecified atom stereocenters. The Kier molecular flexibility index (Phi) is 16.2. The summed E-state index contributed by atoms with van der Waals surface area (Å²) in [5.41, 5.74) is 1.43. The van der Waals surface area contributed by atoms with Crippen molar-refractivity contribution in [1.29, 1.82) is 0 Å². The summed E-state index contributed by atoms with van der Waals surface area (Å²) in [4.78, 5) is 4.91.